The predicted molar refractivity (Wildman–Crippen MR) is 96.6 cm³/mol. The van der Waals surface area contributed by atoms with Gasteiger partial charge in [0.2, 0.25) is 0 Å². The maximum Gasteiger partial charge on any atom is 0.410 e. The number of carbonyl (C=O) groups excluding carboxylic acids is 2. The van der Waals surface area contributed by atoms with E-state index in [4.69, 9.17) is 9.47 Å². The number of hydrogen-bond acceptors (Lipinski definition) is 5. The lowest BCUT2D eigenvalue weighted by molar-refractivity contribution is 0.0269. The number of benzene rings is 1. The lowest BCUT2D eigenvalue weighted by Gasteiger charge is -2.25. The highest BCUT2D eigenvalue weighted by Gasteiger charge is 2.37. The van der Waals surface area contributed by atoms with Gasteiger partial charge in [0.25, 0.3) is 0 Å². The summed E-state index contributed by atoms with van der Waals surface area (Å²) in [7, 11) is 1.62. The summed E-state index contributed by atoms with van der Waals surface area (Å²) in [5, 5.41) is 10.2. The summed E-state index contributed by atoms with van der Waals surface area (Å²) in [5.41, 5.74) is 0.323. The van der Waals surface area contributed by atoms with Crippen LogP contribution in [0.15, 0.2) is 30.3 Å². The van der Waals surface area contributed by atoms with Crippen LogP contribution in [0.2, 0.25) is 0 Å². The first-order valence-electron chi connectivity index (χ1n) is 8.73. The lowest BCUT2D eigenvalue weighted by Crippen LogP contribution is -2.37. The Bertz CT molecular complexity index is 614. The van der Waals surface area contributed by atoms with Crippen molar-refractivity contribution in [1.82, 2.24) is 9.80 Å². The third-order valence-corrected chi connectivity index (χ3v) is 4.08. The first-order chi connectivity index (χ1) is 12.2. The second-order valence-corrected chi connectivity index (χ2v) is 7.63. The van der Waals surface area contributed by atoms with Crippen LogP contribution in [-0.2, 0) is 16.1 Å². The highest BCUT2D eigenvalue weighted by molar-refractivity contribution is 5.69. The van der Waals surface area contributed by atoms with E-state index in [2.05, 4.69) is 0 Å². The molecule has 1 fully saturated rings. The zero-order valence-corrected chi connectivity index (χ0v) is 15.8. The molecule has 7 nitrogen and oxygen atoms in total. The van der Waals surface area contributed by atoms with E-state index in [-0.39, 0.29) is 19.1 Å². The van der Waals surface area contributed by atoms with Gasteiger partial charge in [-0.25, -0.2) is 9.59 Å². The van der Waals surface area contributed by atoms with Crippen LogP contribution in [0.4, 0.5) is 9.59 Å². The average Bonchev–Trinajstić information content (AvgIpc) is 2.93. The normalized spacial score (nSPS) is 20.0. The molecule has 1 heterocycles. The van der Waals surface area contributed by atoms with Gasteiger partial charge in [-0.2, -0.15) is 0 Å². The van der Waals surface area contributed by atoms with Crippen molar-refractivity contribution in [2.45, 2.75) is 39.1 Å². The van der Waals surface area contributed by atoms with Crippen molar-refractivity contribution in [2.24, 2.45) is 5.92 Å². The molecule has 0 unspecified atom stereocenters. The van der Waals surface area contributed by atoms with E-state index in [0.717, 1.165) is 5.56 Å². The van der Waals surface area contributed by atoms with Crippen molar-refractivity contribution in [3.63, 3.8) is 0 Å². The zero-order valence-electron chi connectivity index (χ0n) is 15.8. The SMILES string of the molecule is CN(C[C@@H]1CN(C(=O)OC(C)(C)C)C[C@@H]1O)C(=O)OCc1ccccc1. The van der Waals surface area contributed by atoms with Crippen LogP contribution < -0.4 is 0 Å². The number of nitrogens with zero attached hydrogens (tertiary/aromatic N) is 2. The van der Waals surface area contributed by atoms with Gasteiger partial charge in [0, 0.05) is 26.1 Å². The highest BCUT2D eigenvalue weighted by Crippen LogP contribution is 2.21. The van der Waals surface area contributed by atoms with Gasteiger partial charge in [-0.15, -0.1) is 0 Å². The van der Waals surface area contributed by atoms with Gasteiger partial charge in [0.05, 0.1) is 12.6 Å². The molecule has 2 rings (SSSR count). The molecule has 0 bridgehead atoms. The van der Waals surface area contributed by atoms with Crippen molar-refractivity contribution in [3.05, 3.63) is 35.9 Å². The van der Waals surface area contributed by atoms with Crippen LogP contribution in [-0.4, -0.2) is 65.5 Å². The molecule has 1 N–H and O–H groups in total. The standard InChI is InChI=1S/C19H28N2O5/c1-19(2,3)26-18(24)21-11-15(16(22)12-21)10-20(4)17(23)25-13-14-8-6-5-7-9-14/h5-9,15-16,22H,10-13H2,1-4H3/t15-,16+/m1/s1. The monoisotopic (exact) mass is 364 g/mol. The lowest BCUT2D eigenvalue weighted by atomic mass is 10.1. The van der Waals surface area contributed by atoms with E-state index in [9.17, 15) is 14.7 Å². The number of amides is 2. The molecule has 1 aromatic rings. The van der Waals surface area contributed by atoms with Crippen molar-refractivity contribution < 1.29 is 24.2 Å². The van der Waals surface area contributed by atoms with Crippen molar-refractivity contribution in [1.29, 1.82) is 0 Å². The minimum absolute atomic E-state index is 0.196. The largest absolute Gasteiger partial charge is 0.445 e. The Balaban J connectivity index is 1.81. The summed E-state index contributed by atoms with van der Waals surface area (Å²) in [6, 6.07) is 9.43. The van der Waals surface area contributed by atoms with Crippen LogP contribution >= 0.6 is 0 Å². The third-order valence-electron chi connectivity index (χ3n) is 4.08. The van der Waals surface area contributed by atoms with Gasteiger partial charge in [0.1, 0.15) is 12.2 Å². The first kappa shape index (κ1) is 20.0. The van der Waals surface area contributed by atoms with Crippen molar-refractivity contribution in [3.8, 4) is 0 Å². The van der Waals surface area contributed by atoms with Crippen LogP contribution in [0.25, 0.3) is 0 Å². The Hall–Kier alpha value is -2.28. The number of ether oxygens (including phenoxy) is 2. The molecule has 0 aliphatic carbocycles. The molecular weight excluding hydrogens is 336 g/mol. The molecule has 1 aliphatic heterocycles. The molecule has 144 valence electrons. The number of aliphatic hydroxyl groups is 1. The number of aliphatic hydroxyl groups excluding tert-OH is 1. The number of β-amino-alcohol motifs (C(OH)–C–C–N with tert-alkyl or cyclic N) is 1. The minimum Gasteiger partial charge on any atom is -0.445 e. The molecule has 26 heavy (non-hydrogen) atoms. The summed E-state index contributed by atoms with van der Waals surface area (Å²) >= 11 is 0. The smallest absolute Gasteiger partial charge is 0.410 e. The summed E-state index contributed by atoms with van der Waals surface area (Å²) < 4.78 is 10.6. The van der Waals surface area contributed by atoms with E-state index in [1.54, 1.807) is 27.8 Å². The molecule has 0 saturated carbocycles. The van der Waals surface area contributed by atoms with E-state index in [0.29, 0.717) is 13.1 Å². The predicted octanol–water partition coefficient (Wildman–Crippen LogP) is 2.48. The van der Waals surface area contributed by atoms with Crippen LogP contribution in [0.1, 0.15) is 26.3 Å². The van der Waals surface area contributed by atoms with Crippen molar-refractivity contribution in [2.75, 3.05) is 26.7 Å². The molecule has 1 saturated heterocycles. The topological polar surface area (TPSA) is 79.3 Å². The number of rotatable bonds is 4. The average molecular weight is 364 g/mol. The zero-order chi connectivity index (χ0) is 19.3. The molecular formula is C19H28N2O5. The Labute approximate surface area is 154 Å². The Kier molecular flexibility index (Phi) is 6.47. The summed E-state index contributed by atoms with van der Waals surface area (Å²) in [6.07, 6.45) is -1.61. The molecule has 0 radical (unpaired) electrons. The molecule has 0 aromatic heterocycles. The molecule has 2 atom stereocenters. The van der Waals surface area contributed by atoms with Crippen LogP contribution in [0.3, 0.4) is 0 Å². The highest BCUT2D eigenvalue weighted by atomic mass is 16.6. The van der Waals surface area contributed by atoms with Gasteiger partial charge < -0.3 is 24.4 Å². The van der Waals surface area contributed by atoms with Crippen LogP contribution in [0.5, 0.6) is 0 Å². The van der Waals surface area contributed by atoms with E-state index >= 15 is 0 Å². The van der Waals surface area contributed by atoms with Crippen molar-refractivity contribution >= 4 is 12.2 Å². The molecule has 7 heteroatoms. The van der Waals surface area contributed by atoms with E-state index < -0.39 is 23.9 Å². The Morgan fingerprint density at radius 1 is 1.23 bits per heavy atom. The molecule has 1 aromatic carbocycles. The Morgan fingerprint density at radius 2 is 1.88 bits per heavy atom. The number of likely N-dealkylation sites (tertiary alicyclic amines) is 1. The fraction of sp³-hybridized carbons (Fsp3) is 0.579. The maximum absolute atomic E-state index is 12.1. The Morgan fingerprint density at radius 3 is 2.50 bits per heavy atom. The van der Waals surface area contributed by atoms with Gasteiger partial charge >= 0.3 is 12.2 Å². The number of carbonyl (C=O) groups is 2. The molecule has 2 amide bonds. The first-order valence-corrected chi connectivity index (χ1v) is 8.73. The molecule has 1 aliphatic rings. The maximum atomic E-state index is 12.1. The fourth-order valence-corrected chi connectivity index (χ4v) is 2.76. The van der Waals surface area contributed by atoms with E-state index in [1.165, 1.54) is 9.80 Å². The quantitative estimate of drug-likeness (QED) is 0.888. The van der Waals surface area contributed by atoms with Gasteiger partial charge in [-0.3, -0.25) is 0 Å². The van der Waals surface area contributed by atoms with Crippen LogP contribution in [0, 0.1) is 5.92 Å². The summed E-state index contributed by atoms with van der Waals surface area (Å²) in [6.45, 7) is 6.43. The summed E-state index contributed by atoms with van der Waals surface area (Å²) in [5.74, 6) is -0.239. The van der Waals surface area contributed by atoms with Gasteiger partial charge in [-0.1, -0.05) is 30.3 Å². The third kappa shape index (κ3) is 5.91. The fourth-order valence-electron chi connectivity index (χ4n) is 2.76. The second kappa shape index (κ2) is 8.40. The minimum atomic E-state index is -0.702. The molecule has 0 spiro atoms. The van der Waals surface area contributed by atoms with E-state index in [1.807, 2.05) is 30.3 Å². The van der Waals surface area contributed by atoms with Gasteiger partial charge in [-0.05, 0) is 26.3 Å². The van der Waals surface area contributed by atoms with Gasteiger partial charge in [0.15, 0.2) is 0 Å². The summed E-state index contributed by atoms with van der Waals surface area (Å²) in [4.78, 5) is 27.2. The number of hydrogen-bond donors (Lipinski definition) is 1. The second-order valence-electron chi connectivity index (χ2n) is 7.63.